The molecule has 0 saturated heterocycles. The van der Waals surface area contributed by atoms with Gasteiger partial charge in [-0.3, -0.25) is 4.79 Å². The first-order valence-electron chi connectivity index (χ1n) is 11.2. The molecule has 1 aliphatic rings. The molecule has 7 nitrogen and oxygen atoms in total. The topological polar surface area (TPSA) is 94.6 Å². The van der Waals surface area contributed by atoms with Crippen molar-refractivity contribution in [1.29, 1.82) is 0 Å². The van der Waals surface area contributed by atoms with Gasteiger partial charge in [0.1, 0.15) is 11.6 Å². The van der Waals surface area contributed by atoms with Crippen LogP contribution >= 0.6 is 0 Å². The monoisotopic (exact) mass is 462 g/mol. The number of carboxylic acid groups (broad SMARTS) is 1. The number of nitrogens with zero attached hydrogens (tertiary/aromatic N) is 2. The molecule has 2 atom stereocenters. The second kappa shape index (κ2) is 9.91. The molecule has 176 valence electrons. The minimum Gasteiger partial charge on any atom is -0.465 e. The van der Waals surface area contributed by atoms with E-state index in [0.29, 0.717) is 25.2 Å². The van der Waals surface area contributed by atoms with Gasteiger partial charge in [0.2, 0.25) is 5.91 Å². The second-order valence-electron chi connectivity index (χ2n) is 8.48. The first-order chi connectivity index (χ1) is 16.3. The number of pyridine rings is 1. The Labute approximate surface area is 197 Å². The van der Waals surface area contributed by atoms with Crippen LogP contribution in [0.5, 0.6) is 0 Å². The predicted octanol–water partition coefficient (Wildman–Crippen LogP) is 5.00. The molecule has 3 N–H and O–H groups in total. The maximum Gasteiger partial charge on any atom is 0.404 e. The summed E-state index contributed by atoms with van der Waals surface area (Å²) in [6.45, 7) is 3.95. The number of carbonyl (C=O) groups is 2. The Morgan fingerprint density at radius 2 is 1.85 bits per heavy atom. The van der Waals surface area contributed by atoms with Crippen LogP contribution in [0.25, 0.3) is 11.1 Å². The Hall–Kier alpha value is -3.94. The highest BCUT2D eigenvalue weighted by Gasteiger charge is 2.32. The van der Waals surface area contributed by atoms with E-state index in [1.54, 1.807) is 13.0 Å². The zero-order chi connectivity index (χ0) is 24.2. The standard InChI is InChI=1S/C26H27FN4O3/c1-16-13-23(30-25-10-8-21(27)15-29-25)22-14-20(7-9-24(22)31(16)17(2)32)19-5-3-18(4-6-19)11-12-28-26(33)34/h3-10,14-16,23,28H,11-13H2,1-2H3,(H,29,30)(H,33,34)/t16-,23+/m0/s1. The molecular formula is C26H27FN4O3. The van der Waals surface area contributed by atoms with E-state index in [-0.39, 0.29) is 18.0 Å². The van der Waals surface area contributed by atoms with Crippen molar-refractivity contribution in [2.45, 2.75) is 38.8 Å². The predicted molar refractivity (Wildman–Crippen MR) is 129 cm³/mol. The van der Waals surface area contributed by atoms with Gasteiger partial charge in [-0.05, 0) is 66.3 Å². The normalized spacial score (nSPS) is 17.1. The van der Waals surface area contributed by atoms with Crippen LogP contribution in [0.3, 0.4) is 0 Å². The van der Waals surface area contributed by atoms with E-state index >= 15 is 0 Å². The number of anilines is 2. The summed E-state index contributed by atoms with van der Waals surface area (Å²) in [5.74, 6) is 0.167. The lowest BCUT2D eigenvalue weighted by atomic mass is 9.89. The lowest BCUT2D eigenvalue weighted by molar-refractivity contribution is -0.117. The SMILES string of the molecule is CC(=O)N1c2ccc(-c3ccc(CCNC(=O)O)cc3)cc2[C@H](Nc2ccc(F)cn2)C[C@@H]1C. The number of halogens is 1. The first kappa shape index (κ1) is 23.2. The number of carbonyl (C=O) groups excluding carboxylic acids is 1. The van der Waals surface area contributed by atoms with Crippen LogP contribution in [0.4, 0.5) is 20.7 Å². The molecule has 0 fully saturated rings. The number of hydrogen-bond acceptors (Lipinski definition) is 4. The maximum atomic E-state index is 13.3. The molecule has 4 rings (SSSR count). The summed E-state index contributed by atoms with van der Waals surface area (Å²) in [5.41, 5.74) is 4.89. The lowest BCUT2D eigenvalue weighted by Gasteiger charge is -2.39. The number of rotatable bonds is 6. The molecule has 2 heterocycles. The minimum absolute atomic E-state index is 0.00695. The summed E-state index contributed by atoms with van der Waals surface area (Å²) in [6.07, 6.45) is 1.45. The molecule has 0 radical (unpaired) electrons. The summed E-state index contributed by atoms with van der Waals surface area (Å²) < 4.78 is 13.3. The third-order valence-electron chi connectivity index (χ3n) is 6.05. The van der Waals surface area contributed by atoms with Crippen molar-refractivity contribution in [3.63, 3.8) is 0 Å². The molecule has 0 spiro atoms. The van der Waals surface area contributed by atoms with Gasteiger partial charge in [-0.2, -0.15) is 0 Å². The summed E-state index contributed by atoms with van der Waals surface area (Å²) >= 11 is 0. The van der Waals surface area contributed by atoms with Gasteiger partial charge in [-0.1, -0.05) is 30.3 Å². The summed E-state index contributed by atoms with van der Waals surface area (Å²) in [4.78, 5) is 29.0. The largest absolute Gasteiger partial charge is 0.465 e. The molecule has 1 aromatic heterocycles. The fourth-order valence-electron chi connectivity index (χ4n) is 4.48. The Balaban J connectivity index is 1.63. The molecule has 2 amide bonds. The van der Waals surface area contributed by atoms with Crippen molar-refractivity contribution in [2.24, 2.45) is 0 Å². The highest BCUT2D eigenvalue weighted by molar-refractivity contribution is 5.94. The van der Waals surface area contributed by atoms with Gasteiger partial charge in [0.15, 0.2) is 0 Å². The van der Waals surface area contributed by atoms with E-state index in [1.807, 2.05) is 48.2 Å². The minimum atomic E-state index is -1.03. The van der Waals surface area contributed by atoms with E-state index in [1.165, 1.54) is 12.3 Å². The molecule has 0 unspecified atom stereocenters. The Morgan fingerprint density at radius 3 is 2.50 bits per heavy atom. The fraction of sp³-hybridized carbons (Fsp3) is 0.269. The molecular weight excluding hydrogens is 435 g/mol. The van der Waals surface area contributed by atoms with Gasteiger partial charge < -0.3 is 20.6 Å². The van der Waals surface area contributed by atoms with Crippen LogP contribution in [0.2, 0.25) is 0 Å². The van der Waals surface area contributed by atoms with Crippen molar-refractivity contribution in [2.75, 3.05) is 16.8 Å². The van der Waals surface area contributed by atoms with Gasteiger partial charge in [0.05, 0.1) is 12.2 Å². The van der Waals surface area contributed by atoms with Gasteiger partial charge in [0, 0.05) is 25.2 Å². The number of nitrogens with one attached hydrogen (secondary N) is 2. The molecule has 1 aliphatic heterocycles. The van der Waals surface area contributed by atoms with E-state index in [2.05, 4.69) is 21.7 Å². The third-order valence-corrected chi connectivity index (χ3v) is 6.05. The van der Waals surface area contributed by atoms with Crippen LogP contribution in [0, 0.1) is 5.82 Å². The molecule has 0 bridgehead atoms. The van der Waals surface area contributed by atoms with Crippen molar-refractivity contribution in [1.82, 2.24) is 10.3 Å². The van der Waals surface area contributed by atoms with Gasteiger partial charge in [-0.25, -0.2) is 14.2 Å². The molecule has 2 aromatic carbocycles. The Kier molecular flexibility index (Phi) is 6.77. The highest BCUT2D eigenvalue weighted by Crippen LogP contribution is 2.41. The maximum absolute atomic E-state index is 13.3. The molecule has 0 saturated carbocycles. The third kappa shape index (κ3) is 5.17. The van der Waals surface area contributed by atoms with E-state index in [4.69, 9.17) is 5.11 Å². The first-order valence-corrected chi connectivity index (χ1v) is 11.2. The summed E-state index contributed by atoms with van der Waals surface area (Å²) in [7, 11) is 0. The zero-order valence-corrected chi connectivity index (χ0v) is 19.1. The average Bonchev–Trinajstić information content (AvgIpc) is 2.80. The Morgan fingerprint density at radius 1 is 1.12 bits per heavy atom. The number of aromatic nitrogens is 1. The smallest absolute Gasteiger partial charge is 0.404 e. The highest BCUT2D eigenvalue weighted by atomic mass is 19.1. The number of hydrogen-bond donors (Lipinski definition) is 3. The number of benzene rings is 2. The fourth-order valence-corrected chi connectivity index (χ4v) is 4.48. The van der Waals surface area contributed by atoms with Gasteiger partial charge >= 0.3 is 6.09 Å². The quantitative estimate of drug-likeness (QED) is 0.479. The van der Waals surface area contributed by atoms with Gasteiger partial charge in [-0.15, -0.1) is 0 Å². The van der Waals surface area contributed by atoms with Crippen molar-refractivity contribution in [3.8, 4) is 11.1 Å². The van der Waals surface area contributed by atoms with Crippen LogP contribution in [0.1, 0.15) is 37.4 Å². The van der Waals surface area contributed by atoms with E-state index in [9.17, 15) is 14.0 Å². The Bertz CT molecular complexity index is 1180. The molecule has 0 aliphatic carbocycles. The van der Waals surface area contributed by atoms with E-state index < -0.39 is 11.9 Å². The zero-order valence-electron chi connectivity index (χ0n) is 19.1. The van der Waals surface area contributed by atoms with Gasteiger partial charge in [0.25, 0.3) is 0 Å². The van der Waals surface area contributed by atoms with Crippen molar-refractivity contribution in [3.05, 3.63) is 77.7 Å². The molecule has 3 aromatic rings. The number of amides is 2. The van der Waals surface area contributed by atoms with E-state index in [0.717, 1.165) is 27.9 Å². The van der Waals surface area contributed by atoms with Crippen LogP contribution < -0.4 is 15.5 Å². The molecule has 34 heavy (non-hydrogen) atoms. The van der Waals surface area contributed by atoms with Crippen molar-refractivity contribution < 1.29 is 19.1 Å². The average molecular weight is 463 g/mol. The lowest BCUT2D eigenvalue weighted by Crippen LogP contribution is -2.43. The second-order valence-corrected chi connectivity index (χ2v) is 8.48. The number of fused-ring (bicyclic) bond motifs is 1. The molecule has 8 heteroatoms. The van der Waals surface area contributed by atoms with Crippen molar-refractivity contribution >= 4 is 23.5 Å². The summed E-state index contributed by atoms with van der Waals surface area (Å²) in [6, 6.07) is 16.9. The van der Waals surface area contributed by atoms with Crippen LogP contribution in [-0.2, 0) is 11.2 Å². The van der Waals surface area contributed by atoms with Crippen LogP contribution in [0.15, 0.2) is 60.8 Å². The summed E-state index contributed by atoms with van der Waals surface area (Å²) in [5, 5.41) is 14.5. The van der Waals surface area contributed by atoms with Crippen LogP contribution in [-0.4, -0.2) is 34.7 Å².